The van der Waals surface area contributed by atoms with Gasteiger partial charge in [0, 0.05) is 0 Å². The molecule has 0 heterocycles. The number of rotatable bonds is 4. The molecule has 0 saturated heterocycles. The van der Waals surface area contributed by atoms with E-state index in [4.69, 9.17) is 5.11 Å². The Bertz CT molecular complexity index is 523. The van der Waals surface area contributed by atoms with Crippen molar-refractivity contribution in [1.82, 2.24) is 4.72 Å². The number of carbonyl (C=O) groups is 1. The van der Waals surface area contributed by atoms with Crippen molar-refractivity contribution in [3.8, 4) is 0 Å². The lowest BCUT2D eigenvalue weighted by Gasteiger charge is -2.06. The summed E-state index contributed by atoms with van der Waals surface area (Å²) >= 11 is 0. The molecule has 1 amide bonds. The topological polar surface area (TPSA) is 92.7 Å². The van der Waals surface area contributed by atoms with Crippen LogP contribution in [0.25, 0.3) is 0 Å². The van der Waals surface area contributed by atoms with Gasteiger partial charge in [-0.05, 0) is 39.3 Å². The summed E-state index contributed by atoms with van der Waals surface area (Å²) in [5, 5.41) is 8.36. The fraction of sp³-hybridized carbons (Fsp3) is 0.500. The zero-order valence-electron chi connectivity index (χ0n) is 12.8. The zero-order chi connectivity index (χ0) is 16.5. The van der Waals surface area contributed by atoms with Gasteiger partial charge in [-0.2, -0.15) is 0 Å². The summed E-state index contributed by atoms with van der Waals surface area (Å²) in [4.78, 5) is 11.0. The van der Waals surface area contributed by atoms with E-state index in [1.165, 1.54) is 12.1 Å². The van der Waals surface area contributed by atoms with Crippen LogP contribution in [-0.4, -0.2) is 32.3 Å². The van der Waals surface area contributed by atoms with E-state index < -0.39 is 16.1 Å². The van der Waals surface area contributed by atoms with Crippen molar-refractivity contribution >= 4 is 16.1 Å². The van der Waals surface area contributed by atoms with Crippen molar-refractivity contribution in [2.45, 2.75) is 45.1 Å². The number of carbonyl (C=O) groups excluding carboxylic acids is 1. The number of hydrogen-bond acceptors (Lipinski definition) is 5. The van der Waals surface area contributed by atoms with Crippen LogP contribution in [0.2, 0.25) is 0 Å². The summed E-state index contributed by atoms with van der Waals surface area (Å²) in [6.07, 6.45) is -0.224. The highest BCUT2D eigenvalue weighted by Crippen LogP contribution is 2.09. The highest BCUT2D eigenvalue weighted by Gasteiger charge is 2.17. The van der Waals surface area contributed by atoms with E-state index in [0.717, 1.165) is 12.0 Å². The average Bonchev–Trinajstić information content (AvgIpc) is 2.39. The molecule has 7 heteroatoms. The molecule has 0 aliphatic rings. The number of nitrogens with one attached hydrogen (secondary N) is 1. The maximum atomic E-state index is 11.6. The third-order valence-corrected chi connectivity index (χ3v) is 3.74. The van der Waals surface area contributed by atoms with Crippen molar-refractivity contribution in [3.05, 3.63) is 29.8 Å². The predicted molar refractivity (Wildman–Crippen MR) is 80.5 cm³/mol. The largest absolute Gasteiger partial charge is 0.449 e. The van der Waals surface area contributed by atoms with Gasteiger partial charge in [-0.3, -0.25) is 0 Å². The molecule has 6 nitrogen and oxygen atoms in total. The minimum atomic E-state index is -3.82. The molecule has 0 aliphatic carbocycles. The SMILES string of the molecule is CCC(C)O.CCOC(=O)NS(=O)(=O)c1ccc(C)cc1. The van der Waals surface area contributed by atoms with Gasteiger partial charge >= 0.3 is 6.09 Å². The molecule has 0 spiro atoms. The Labute approximate surface area is 126 Å². The van der Waals surface area contributed by atoms with Crippen molar-refractivity contribution in [2.75, 3.05) is 6.61 Å². The van der Waals surface area contributed by atoms with Crippen LogP contribution in [0.15, 0.2) is 29.2 Å². The highest BCUT2D eigenvalue weighted by atomic mass is 32.2. The Morgan fingerprint density at radius 3 is 2.14 bits per heavy atom. The second-order valence-electron chi connectivity index (χ2n) is 4.40. The summed E-state index contributed by atoms with van der Waals surface area (Å²) in [7, 11) is -3.82. The highest BCUT2D eigenvalue weighted by molar-refractivity contribution is 7.90. The standard InChI is InChI=1S/C10H13NO4S.C4H10O/c1-3-15-10(12)11-16(13,14)9-6-4-8(2)5-7-9;1-3-4(2)5/h4-7H,3H2,1-2H3,(H,11,12);4-5H,3H2,1-2H3. The van der Waals surface area contributed by atoms with Crippen LogP contribution in [0, 0.1) is 6.92 Å². The number of amides is 1. The Hall–Kier alpha value is -1.60. The fourth-order valence-electron chi connectivity index (χ4n) is 1.05. The van der Waals surface area contributed by atoms with Crippen LogP contribution in [0.4, 0.5) is 4.79 Å². The minimum Gasteiger partial charge on any atom is -0.449 e. The first-order valence-corrected chi connectivity index (χ1v) is 8.15. The summed E-state index contributed by atoms with van der Waals surface area (Å²) in [5.41, 5.74) is 0.940. The molecule has 1 aromatic carbocycles. The first-order chi connectivity index (χ1) is 9.72. The van der Waals surface area contributed by atoms with Gasteiger partial charge in [0.1, 0.15) is 0 Å². The second kappa shape index (κ2) is 9.36. The van der Waals surface area contributed by atoms with Crippen LogP contribution in [-0.2, 0) is 14.8 Å². The molecule has 21 heavy (non-hydrogen) atoms. The normalized spacial score (nSPS) is 11.9. The number of hydrogen-bond donors (Lipinski definition) is 2. The Morgan fingerprint density at radius 2 is 1.76 bits per heavy atom. The molecule has 0 bridgehead atoms. The Morgan fingerprint density at radius 1 is 1.29 bits per heavy atom. The van der Waals surface area contributed by atoms with Crippen LogP contribution in [0.5, 0.6) is 0 Å². The lowest BCUT2D eigenvalue weighted by atomic mass is 10.2. The molecule has 1 rings (SSSR count). The molecule has 1 atom stereocenters. The van der Waals surface area contributed by atoms with Crippen LogP contribution in [0.3, 0.4) is 0 Å². The van der Waals surface area contributed by atoms with E-state index in [1.54, 1.807) is 30.7 Å². The molecule has 0 fully saturated rings. The summed E-state index contributed by atoms with van der Waals surface area (Å²) in [6, 6.07) is 6.16. The first-order valence-electron chi connectivity index (χ1n) is 6.67. The van der Waals surface area contributed by atoms with E-state index >= 15 is 0 Å². The predicted octanol–water partition coefficient (Wildman–Crippen LogP) is 2.21. The molecule has 0 radical (unpaired) electrons. The molecule has 120 valence electrons. The molecule has 0 aliphatic heterocycles. The van der Waals surface area contributed by atoms with E-state index in [9.17, 15) is 13.2 Å². The smallest absolute Gasteiger partial charge is 0.421 e. The van der Waals surface area contributed by atoms with Crippen molar-refractivity contribution < 1.29 is 23.1 Å². The first kappa shape index (κ1) is 19.4. The molecule has 0 aromatic heterocycles. The van der Waals surface area contributed by atoms with E-state index in [-0.39, 0.29) is 17.6 Å². The van der Waals surface area contributed by atoms with Crippen molar-refractivity contribution in [2.24, 2.45) is 0 Å². The van der Waals surface area contributed by atoms with E-state index in [2.05, 4.69) is 4.74 Å². The maximum absolute atomic E-state index is 11.6. The van der Waals surface area contributed by atoms with Gasteiger partial charge in [0.05, 0.1) is 17.6 Å². The van der Waals surface area contributed by atoms with Gasteiger partial charge in [-0.15, -0.1) is 0 Å². The van der Waals surface area contributed by atoms with Crippen LogP contribution in [0.1, 0.15) is 32.8 Å². The van der Waals surface area contributed by atoms with Gasteiger partial charge in [-0.1, -0.05) is 24.6 Å². The van der Waals surface area contributed by atoms with Crippen LogP contribution < -0.4 is 4.72 Å². The number of aliphatic hydroxyl groups excluding tert-OH is 1. The Kier molecular flexibility index (Phi) is 8.64. The third kappa shape index (κ3) is 8.31. The number of benzene rings is 1. The lowest BCUT2D eigenvalue weighted by Crippen LogP contribution is -2.31. The second-order valence-corrected chi connectivity index (χ2v) is 6.08. The van der Waals surface area contributed by atoms with Gasteiger partial charge in [-0.25, -0.2) is 17.9 Å². The van der Waals surface area contributed by atoms with E-state index in [0.29, 0.717) is 0 Å². The quantitative estimate of drug-likeness (QED) is 0.888. The molecule has 2 N–H and O–H groups in total. The van der Waals surface area contributed by atoms with Crippen molar-refractivity contribution in [1.29, 1.82) is 0 Å². The molecular formula is C14H23NO5S. The molecule has 0 saturated carbocycles. The summed E-state index contributed by atoms with van der Waals surface area (Å²) in [6.45, 7) is 7.28. The van der Waals surface area contributed by atoms with E-state index in [1.807, 2.05) is 13.8 Å². The minimum absolute atomic E-state index is 0.0335. The van der Waals surface area contributed by atoms with Gasteiger partial charge in [0.2, 0.25) is 0 Å². The van der Waals surface area contributed by atoms with Gasteiger partial charge in [0.25, 0.3) is 10.0 Å². The third-order valence-electron chi connectivity index (χ3n) is 2.42. The zero-order valence-corrected chi connectivity index (χ0v) is 13.6. The molecule has 1 aromatic rings. The average molecular weight is 317 g/mol. The lowest BCUT2D eigenvalue weighted by molar-refractivity contribution is 0.158. The molecule has 1 unspecified atom stereocenters. The number of aliphatic hydroxyl groups is 1. The number of aryl methyl sites for hydroxylation is 1. The molecular weight excluding hydrogens is 294 g/mol. The Balaban J connectivity index is 0.000000690. The van der Waals surface area contributed by atoms with Gasteiger partial charge < -0.3 is 9.84 Å². The monoisotopic (exact) mass is 317 g/mol. The number of sulfonamides is 1. The van der Waals surface area contributed by atoms with Crippen LogP contribution >= 0.6 is 0 Å². The fourth-order valence-corrected chi connectivity index (χ4v) is 1.94. The summed E-state index contributed by atoms with van der Waals surface area (Å²) in [5.74, 6) is 0. The van der Waals surface area contributed by atoms with Crippen molar-refractivity contribution in [3.63, 3.8) is 0 Å². The summed E-state index contributed by atoms with van der Waals surface area (Å²) < 4.78 is 29.5. The van der Waals surface area contributed by atoms with Gasteiger partial charge in [0.15, 0.2) is 0 Å². The maximum Gasteiger partial charge on any atom is 0.421 e. The number of ether oxygens (including phenoxy) is 1.